The van der Waals surface area contributed by atoms with Crippen LogP contribution in [0.4, 0.5) is 5.69 Å². The minimum absolute atomic E-state index is 0.134. The maximum atomic E-state index is 11.2. The summed E-state index contributed by atoms with van der Waals surface area (Å²) in [5, 5.41) is 22.9. The molecule has 0 bridgehead atoms. The van der Waals surface area contributed by atoms with Gasteiger partial charge in [0.2, 0.25) is 5.75 Å². The van der Waals surface area contributed by atoms with E-state index in [1.807, 2.05) is 17.5 Å². The highest BCUT2D eigenvalue weighted by Gasteiger charge is 2.23. The number of benzene rings is 1. The Balaban J connectivity index is 2.24. The highest BCUT2D eigenvalue weighted by Crippen LogP contribution is 2.37. The smallest absolute Gasteiger partial charge is 0.312 e. The van der Waals surface area contributed by atoms with E-state index in [0.29, 0.717) is 23.1 Å². The molecule has 0 amide bonds. The molecule has 2 aromatic rings. The van der Waals surface area contributed by atoms with Crippen LogP contribution in [0.1, 0.15) is 23.5 Å². The van der Waals surface area contributed by atoms with Gasteiger partial charge in [-0.15, -0.1) is 11.3 Å². The number of nitro benzene ring substituents is 1. The van der Waals surface area contributed by atoms with Gasteiger partial charge in [-0.3, -0.25) is 10.1 Å². The maximum absolute atomic E-state index is 11.2. The van der Waals surface area contributed by atoms with Gasteiger partial charge in [0.15, 0.2) is 0 Å². The highest BCUT2D eigenvalue weighted by molar-refractivity contribution is 9.10. The van der Waals surface area contributed by atoms with Gasteiger partial charge >= 0.3 is 5.69 Å². The molecule has 112 valence electrons. The lowest BCUT2D eigenvalue weighted by molar-refractivity contribution is -0.386. The van der Waals surface area contributed by atoms with Crippen LogP contribution in [-0.2, 0) is 6.42 Å². The summed E-state index contributed by atoms with van der Waals surface area (Å²) in [7, 11) is 0. The van der Waals surface area contributed by atoms with E-state index in [9.17, 15) is 15.2 Å². The molecule has 0 saturated carbocycles. The number of nitro groups is 1. The van der Waals surface area contributed by atoms with Gasteiger partial charge in [-0.05, 0) is 24.4 Å². The van der Waals surface area contributed by atoms with Crippen LogP contribution in [0.2, 0.25) is 0 Å². The first-order valence-corrected chi connectivity index (χ1v) is 7.97. The Morgan fingerprint density at radius 2 is 2.29 bits per heavy atom. The normalized spacial score (nSPS) is 12.1. The zero-order valence-electron chi connectivity index (χ0n) is 11.3. The van der Waals surface area contributed by atoms with Gasteiger partial charge < -0.3 is 9.84 Å². The lowest BCUT2D eigenvalue weighted by Gasteiger charge is -2.14. The Morgan fingerprint density at radius 3 is 2.86 bits per heavy atom. The summed E-state index contributed by atoms with van der Waals surface area (Å²) in [5.74, 6) is 0.134. The largest absolute Gasteiger partial charge is 0.486 e. The molecule has 2 rings (SSSR count). The summed E-state index contributed by atoms with van der Waals surface area (Å²) in [4.78, 5) is 11.8. The summed E-state index contributed by atoms with van der Waals surface area (Å²) < 4.78 is 6.14. The first-order chi connectivity index (χ1) is 9.99. The summed E-state index contributed by atoms with van der Waals surface area (Å²) in [6.07, 6.45) is -0.178. The molecule has 21 heavy (non-hydrogen) atoms. The van der Waals surface area contributed by atoms with Crippen LogP contribution in [0.15, 0.2) is 34.1 Å². The van der Waals surface area contributed by atoms with Gasteiger partial charge in [0.1, 0.15) is 0 Å². The van der Waals surface area contributed by atoms with Crippen LogP contribution in [0.3, 0.4) is 0 Å². The fourth-order valence-electron chi connectivity index (χ4n) is 1.91. The van der Waals surface area contributed by atoms with Crippen molar-refractivity contribution < 1.29 is 14.8 Å². The van der Waals surface area contributed by atoms with E-state index in [4.69, 9.17) is 4.74 Å². The van der Waals surface area contributed by atoms with Crippen molar-refractivity contribution in [1.29, 1.82) is 0 Å². The molecular formula is C14H14BrNO4S. The fraction of sp³-hybridized carbons (Fsp3) is 0.286. The number of thiophene rings is 1. The molecule has 0 saturated heterocycles. The Kier molecular flexibility index (Phi) is 5.33. The maximum Gasteiger partial charge on any atom is 0.312 e. The molecule has 1 unspecified atom stereocenters. The third-order valence-corrected chi connectivity index (χ3v) is 4.28. The van der Waals surface area contributed by atoms with E-state index in [1.165, 1.54) is 6.07 Å². The highest BCUT2D eigenvalue weighted by atomic mass is 79.9. The molecule has 0 aliphatic heterocycles. The van der Waals surface area contributed by atoms with Crippen LogP contribution in [0.5, 0.6) is 5.75 Å². The van der Waals surface area contributed by atoms with Crippen molar-refractivity contribution in [1.82, 2.24) is 0 Å². The van der Waals surface area contributed by atoms with Crippen molar-refractivity contribution in [3.8, 4) is 5.75 Å². The molecule has 0 spiro atoms. The van der Waals surface area contributed by atoms with Crippen molar-refractivity contribution in [3.05, 3.63) is 54.7 Å². The van der Waals surface area contributed by atoms with Gasteiger partial charge in [0.25, 0.3) is 0 Å². The minimum atomic E-state index is -0.849. The van der Waals surface area contributed by atoms with Gasteiger partial charge in [-0.2, -0.15) is 0 Å². The van der Waals surface area contributed by atoms with Crippen molar-refractivity contribution in [3.63, 3.8) is 0 Å². The summed E-state index contributed by atoms with van der Waals surface area (Å²) >= 11 is 4.82. The second-order valence-electron chi connectivity index (χ2n) is 4.45. The SMILES string of the molecule is CC(O)c1cc(Br)cc([N+](=O)[O-])c1OCCc1cccs1. The summed E-state index contributed by atoms with van der Waals surface area (Å²) in [6, 6.07) is 6.95. The Bertz CT molecular complexity index is 628. The minimum Gasteiger partial charge on any atom is -0.486 e. The Morgan fingerprint density at radius 1 is 1.52 bits per heavy atom. The predicted molar refractivity (Wildman–Crippen MR) is 84.9 cm³/mol. The van der Waals surface area contributed by atoms with E-state index in [1.54, 1.807) is 24.3 Å². The summed E-state index contributed by atoms with van der Waals surface area (Å²) in [6.45, 7) is 1.88. The first-order valence-electron chi connectivity index (χ1n) is 6.30. The fourth-order valence-corrected chi connectivity index (χ4v) is 3.07. The number of aliphatic hydroxyl groups excluding tert-OH is 1. The molecule has 0 fully saturated rings. The lowest BCUT2D eigenvalue weighted by atomic mass is 10.1. The van der Waals surface area contributed by atoms with E-state index < -0.39 is 11.0 Å². The van der Waals surface area contributed by atoms with Crippen LogP contribution in [0.25, 0.3) is 0 Å². The van der Waals surface area contributed by atoms with Crippen molar-refractivity contribution in [2.45, 2.75) is 19.4 Å². The third kappa shape index (κ3) is 4.03. The molecular weight excluding hydrogens is 358 g/mol. The second kappa shape index (κ2) is 7.02. The molecule has 1 N–H and O–H groups in total. The zero-order valence-corrected chi connectivity index (χ0v) is 13.7. The molecule has 1 heterocycles. The number of rotatable bonds is 6. The van der Waals surface area contributed by atoms with E-state index in [2.05, 4.69) is 15.9 Å². The van der Waals surface area contributed by atoms with Crippen LogP contribution in [0, 0.1) is 10.1 Å². The average Bonchev–Trinajstić information content (AvgIpc) is 2.92. The molecule has 1 aromatic heterocycles. The van der Waals surface area contributed by atoms with Crippen LogP contribution < -0.4 is 4.74 Å². The monoisotopic (exact) mass is 371 g/mol. The van der Waals surface area contributed by atoms with Crippen molar-refractivity contribution in [2.75, 3.05) is 6.61 Å². The third-order valence-electron chi connectivity index (χ3n) is 2.88. The Hall–Kier alpha value is -1.44. The summed E-state index contributed by atoms with van der Waals surface area (Å²) in [5.41, 5.74) is 0.258. The van der Waals surface area contributed by atoms with Gasteiger partial charge in [0.05, 0.1) is 17.6 Å². The van der Waals surface area contributed by atoms with Crippen LogP contribution in [-0.4, -0.2) is 16.6 Å². The molecule has 1 atom stereocenters. The van der Waals surface area contributed by atoms with Gasteiger partial charge in [0, 0.05) is 27.4 Å². The number of halogens is 1. The zero-order chi connectivity index (χ0) is 15.4. The van der Waals surface area contributed by atoms with E-state index in [-0.39, 0.29) is 11.4 Å². The average molecular weight is 372 g/mol. The molecule has 1 aromatic carbocycles. The molecule has 0 radical (unpaired) electrons. The molecule has 5 nitrogen and oxygen atoms in total. The van der Waals surface area contributed by atoms with Gasteiger partial charge in [-0.1, -0.05) is 22.0 Å². The quantitative estimate of drug-likeness (QED) is 0.612. The van der Waals surface area contributed by atoms with Crippen molar-refractivity contribution in [2.24, 2.45) is 0 Å². The molecule has 0 aliphatic carbocycles. The van der Waals surface area contributed by atoms with Crippen molar-refractivity contribution >= 4 is 33.0 Å². The van der Waals surface area contributed by atoms with Gasteiger partial charge in [-0.25, -0.2) is 0 Å². The number of aliphatic hydroxyl groups is 1. The molecule has 7 heteroatoms. The number of hydrogen-bond donors (Lipinski definition) is 1. The number of hydrogen-bond acceptors (Lipinski definition) is 5. The number of nitrogens with zero attached hydrogens (tertiary/aromatic N) is 1. The standard InChI is InChI=1S/C14H14BrNO4S/c1-9(17)12-7-10(15)8-13(16(18)19)14(12)20-5-4-11-3-2-6-21-11/h2-3,6-9,17H,4-5H2,1H3. The van der Waals surface area contributed by atoms with Crippen LogP contribution >= 0.6 is 27.3 Å². The Labute approximate surface area is 134 Å². The second-order valence-corrected chi connectivity index (χ2v) is 6.40. The number of ether oxygens (including phenoxy) is 1. The first kappa shape index (κ1) is 15.9. The lowest BCUT2D eigenvalue weighted by Crippen LogP contribution is -2.07. The molecule has 0 aliphatic rings. The topological polar surface area (TPSA) is 72.6 Å². The predicted octanol–water partition coefficient (Wildman–Crippen LogP) is 4.09. The van der Waals surface area contributed by atoms with E-state index in [0.717, 1.165) is 4.88 Å². The van der Waals surface area contributed by atoms with E-state index >= 15 is 0 Å².